The van der Waals surface area contributed by atoms with E-state index in [1.54, 1.807) is 0 Å². The number of carbonyl (C=O) groups excluding carboxylic acids is 1. The Balaban J connectivity index is 2.78. The second-order valence-corrected chi connectivity index (χ2v) is 4.22. The highest BCUT2D eigenvalue weighted by Crippen LogP contribution is 2.23. The van der Waals surface area contributed by atoms with Crippen molar-refractivity contribution < 1.29 is 9.90 Å². The zero-order valence-electron chi connectivity index (χ0n) is 9.95. The molecule has 1 amide bonds. The quantitative estimate of drug-likeness (QED) is 0.796. The van der Waals surface area contributed by atoms with E-state index in [2.05, 4.69) is 0 Å². The van der Waals surface area contributed by atoms with Crippen LogP contribution in [0, 0.1) is 13.8 Å². The third-order valence-electron chi connectivity index (χ3n) is 2.43. The van der Waals surface area contributed by atoms with Gasteiger partial charge in [0.05, 0.1) is 6.54 Å². The molecular formula is C12H18N2O2. The van der Waals surface area contributed by atoms with Crippen molar-refractivity contribution in [1.82, 2.24) is 4.90 Å². The number of nitrogens with two attached hydrogens (primary N) is 1. The number of nitrogens with zero attached hydrogens (tertiary/aromatic N) is 1. The number of aryl methyl sites for hydroxylation is 2. The van der Waals surface area contributed by atoms with Crippen LogP contribution in [0.1, 0.15) is 16.7 Å². The first-order valence-corrected chi connectivity index (χ1v) is 5.16. The molecule has 1 aromatic rings. The lowest BCUT2D eigenvalue weighted by atomic mass is 10.1. The van der Waals surface area contributed by atoms with Crippen molar-refractivity contribution in [3.05, 3.63) is 28.8 Å². The predicted octanol–water partition coefficient (Wildman–Crippen LogP) is 0.926. The average molecular weight is 222 g/mol. The van der Waals surface area contributed by atoms with E-state index in [1.165, 1.54) is 0 Å². The highest BCUT2D eigenvalue weighted by atomic mass is 16.3. The molecule has 0 saturated carbocycles. The van der Waals surface area contributed by atoms with Crippen molar-refractivity contribution in [2.45, 2.75) is 20.4 Å². The van der Waals surface area contributed by atoms with Gasteiger partial charge in [-0.05, 0) is 37.6 Å². The molecule has 88 valence electrons. The number of phenolic OH excluding ortho intramolecular Hbond substituents is 1. The summed E-state index contributed by atoms with van der Waals surface area (Å²) in [5.74, 6) is -0.00368. The van der Waals surface area contributed by atoms with Crippen LogP contribution in [0.25, 0.3) is 0 Å². The lowest BCUT2D eigenvalue weighted by Crippen LogP contribution is -2.30. The van der Waals surface area contributed by atoms with Gasteiger partial charge in [0.25, 0.3) is 0 Å². The molecule has 1 aromatic carbocycles. The zero-order valence-corrected chi connectivity index (χ0v) is 9.95. The first-order chi connectivity index (χ1) is 7.40. The number of likely N-dealkylation sites (N-methyl/N-ethyl adjacent to an activating group) is 1. The summed E-state index contributed by atoms with van der Waals surface area (Å²) in [6.45, 7) is 4.60. The SMILES string of the molecule is Cc1cc(CN(C)CC(N)=O)cc(C)c1O. The largest absolute Gasteiger partial charge is 0.507 e. The molecule has 0 heterocycles. The predicted molar refractivity (Wildman–Crippen MR) is 63.1 cm³/mol. The molecule has 0 aromatic heterocycles. The molecule has 1 rings (SSSR count). The lowest BCUT2D eigenvalue weighted by Gasteiger charge is -2.16. The van der Waals surface area contributed by atoms with Gasteiger partial charge in [0.15, 0.2) is 0 Å². The molecule has 0 radical (unpaired) electrons. The number of benzene rings is 1. The molecule has 4 heteroatoms. The smallest absolute Gasteiger partial charge is 0.231 e. The molecule has 0 aliphatic carbocycles. The van der Waals surface area contributed by atoms with Gasteiger partial charge in [-0.3, -0.25) is 9.69 Å². The fourth-order valence-electron chi connectivity index (χ4n) is 1.77. The van der Waals surface area contributed by atoms with Crippen molar-refractivity contribution >= 4 is 5.91 Å². The Bertz CT molecular complexity index is 379. The molecule has 0 spiro atoms. The van der Waals surface area contributed by atoms with Gasteiger partial charge in [-0.15, -0.1) is 0 Å². The summed E-state index contributed by atoms with van der Waals surface area (Å²) in [4.78, 5) is 12.6. The van der Waals surface area contributed by atoms with Crippen LogP contribution in [0.5, 0.6) is 5.75 Å². The fourth-order valence-corrected chi connectivity index (χ4v) is 1.77. The van der Waals surface area contributed by atoms with Gasteiger partial charge in [0.1, 0.15) is 5.75 Å². The standard InChI is InChI=1S/C12H18N2O2/c1-8-4-10(5-9(2)12(8)16)6-14(3)7-11(13)15/h4-5,16H,6-7H2,1-3H3,(H2,13,15). The number of rotatable bonds is 4. The maximum Gasteiger partial charge on any atom is 0.231 e. The summed E-state index contributed by atoms with van der Waals surface area (Å²) < 4.78 is 0. The molecule has 0 aliphatic rings. The van der Waals surface area contributed by atoms with Gasteiger partial charge in [0, 0.05) is 6.54 Å². The lowest BCUT2D eigenvalue weighted by molar-refractivity contribution is -0.118. The molecule has 0 bridgehead atoms. The monoisotopic (exact) mass is 222 g/mol. The maximum absolute atomic E-state index is 10.7. The van der Waals surface area contributed by atoms with Crippen molar-refractivity contribution in [2.24, 2.45) is 5.73 Å². The summed E-state index contributed by atoms with van der Waals surface area (Å²) in [6, 6.07) is 3.83. The maximum atomic E-state index is 10.7. The molecular weight excluding hydrogens is 204 g/mol. The van der Waals surface area contributed by atoms with E-state index in [0.717, 1.165) is 16.7 Å². The van der Waals surface area contributed by atoms with E-state index in [-0.39, 0.29) is 12.5 Å². The first-order valence-electron chi connectivity index (χ1n) is 5.16. The number of primary amides is 1. The topological polar surface area (TPSA) is 66.6 Å². The number of hydrogen-bond donors (Lipinski definition) is 2. The first kappa shape index (κ1) is 12.5. The Morgan fingerprint density at radius 1 is 1.38 bits per heavy atom. The van der Waals surface area contributed by atoms with E-state index >= 15 is 0 Å². The van der Waals surface area contributed by atoms with E-state index in [9.17, 15) is 9.90 Å². The van der Waals surface area contributed by atoms with Crippen LogP contribution in [-0.2, 0) is 11.3 Å². The normalized spacial score (nSPS) is 10.8. The third kappa shape index (κ3) is 3.24. The molecule has 0 atom stereocenters. The summed E-state index contributed by atoms with van der Waals surface area (Å²) in [7, 11) is 1.84. The van der Waals surface area contributed by atoms with Gasteiger partial charge in [-0.2, -0.15) is 0 Å². The Kier molecular flexibility index (Phi) is 3.90. The van der Waals surface area contributed by atoms with Crippen LogP contribution in [-0.4, -0.2) is 29.5 Å². The highest BCUT2D eigenvalue weighted by molar-refractivity contribution is 5.75. The Hall–Kier alpha value is -1.55. The Morgan fingerprint density at radius 2 is 1.88 bits per heavy atom. The molecule has 4 nitrogen and oxygen atoms in total. The van der Waals surface area contributed by atoms with Crippen LogP contribution in [0.2, 0.25) is 0 Å². The van der Waals surface area contributed by atoms with Crippen molar-refractivity contribution in [1.29, 1.82) is 0 Å². The van der Waals surface area contributed by atoms with Gasteiger partial charge in [-0.1, -0.05) is 12.1 Å². The van der Waals surface area contributed by atoms with Crippen molar-refractivity contribution in [2.75, 3.05) is 13.6 Å². The number of aromatic hydroxyl groups is 1. The fraction of sp³-hybridized carbons (Fsp3) is 0.417. The summed E-state index contributed by atoms with van der Waals surface area (Å²) in [5, 5.41) is 9.62. The number of hydrogen-bond acceptors (Lipinski definition) is 3. The molecule has 0 saturated heterocycles. The minimum Gasteiger partial charge on any atom is -0.507 e. The van der Waals surface area contributed by atoms with Crippen LogP contribution in [0.3, 0.4) is 0 Å². The zero-order chi connectivity index (χ0) is 12.3. The Morgan fingerprint density at radius 3 is 2.31 bits per heavy atom. The van der Waals surface area contributed by atoms with Gasteiger partial charge in [0.2, 0.25) is 5.91 Å². The van der Waals surface area contributed by atoms with Crippen LogP contribution >= 0.6 is 0 Å². The molecule has 0 unspecified atom stereocenters. The summed E-state index contributed by atoms with van der Waals surface area (Å²) >= 11 is 0. The van der Waals surface area contributed by atoms with Crippen LogP contribution < -0.4 is 5.73 Å². The highest BCUT2D eigenvalue weighted by Gasteiger charge is 2.07. The molecule has 16 heavy (non-hydrogen) atoms. The Labute approximate surface area is 95.7 Å². The van der Waals surface area contributed by atoms with Gasteiger partial charge >= 0.3 is 0 Å². The van der Waals surface area contributed by atoms with E-state index < -0.39 is 0 Å². The number of carbonyl (C=O) groups is 1. The third-order valence-corrected chi connectivity index (χ3v) is 2.43. The van der Waals surface area contributed by atoms with E-state index in [1.807, 2.05) is 37.9 Å². The summed E-state index contributed by atoms with van der Waals surface area (Å²) in [6.07, 6.45) is 0. The van der Waals surface area contributed by atoms with Crippen molar-refractivity contribution in [3.8, 4) is 5.75 Å². The van der Waals surface area contributed by atoms with Gasteiger partial charge in [-0.25, -0.2) is 0 Å². The van der Waals surface area contributed by atoms with E-state index in [0.29, 0.717) is 12.3 Å². The molecule has 3 N–H and O–H groups in total. The van der Waals surface area contributed by atoms with Crippen molar-refractivity contribution in [3.63, 3.8) is 0 Å². The summed E-state index contributed by atoms with van der Waals surface area (Å²) in [5.41, 5.74) is 7.88. The second kappa shape index (κ2) is 4.99. The molecule has 0 fully saturated rings. The number of amides is 1. The average Bonchev–Trinajstić information content (AvgIpc) is 2.12. The molecule has 0 aliphatic heterocycles. The minimum atomic E-state index is -0.338. The minimum absolute atomic E-state index is 0.235. The van der Waals surface area contributed by atoms with Gasteiger partial charge < -0.3 is 10.8 Å². The van der Waals surface area contributed by atoms with E-state index in [4.69, 9.17) is 5.73 Å². The van der Waals surface area contributed by atoms with Crippen LogP contribution in [0.15, 0.2) is 12.1 Å². The van der Waals surface area contributed by atoms with Crippen LogP contribution in [0.4, 0.5) is 0 Å². The number of phenols is 1. The second-order valence-electron chi connectivity index (χ2n) is 4.22.